The van der Waals surface area contributed by atoms with Crippen molar-refractivity contribution < 1.29 is 9.47 Å². The minimum absolute atomic E-state index is 0.681. The van der Waals surface area contributed by atoms with Gasteiger partial charge in [-0.15, -0.1) is 0 Å². The summed E-state index contributed by atoms with van der Waals surface area (Å²) < 4.78 is 11.5. The second-order valence-corrected chi connectivity index (χ2v) is 5.46. The third kappa shape index (κ3) is 3.58. The van der Waals surface area contributed by atoms with E-state index in [1.165, 1.54) is 0 Å². The Balaban J connectivity index is 2.13. The number of halogens is 2. The lowest BCUT2D eigenvalue weighted by Crippen LogP contribution is -2.01. The molecule has 0 spiro atoms. The number of hydrogen-bond donors (Lipinski definition) is 1. The van der Waals surface area contributed by atoms with E-state index >= 15 is 0 Å². The van der Waals surface area contributed by atoms with Crippen LogP contribution in [0.2, 0.25) is 5.02 Å². The van der Waals surface area contributed by atoms with E-state index in [1.807, 2.05) is 36.4 Å². The summed E-state index contributed by atoms with van der Waals surface area (Å²) in [5.74, 6) is 1.40. The highest BCUT2D eigenvalue weighted by molar-refractivity contribution is 9.10. The van der Waals surface area contributed by atoms with E-state index in [4.69, 9.17) is 21.1 Å². The second kappa shape index (κ2) is 6.86. The van der Waals surface area contributed by atoms with Crippen molar-refractivity contribution in [2.75, 3.05) is 19.5 Å². The van der Waals surface area contributed by atoms with Crippen LogP contribution in [0.4, 0.5) is 5.69 Å². The summed E-state index contributed by atoms with van der Waals surface area (Å²) in [6.45, 7) is 0.681. The Bertz CT molecular complexity index is 587. The summed E-state index contributed by atoms with van der Waals surface area (Å²) in [6.07, 6.45) is 0. The molecule has 1 N–H and O–H groups in total. The van der Waals surface area contributed by atoms with Crippen molar-refractivity contribution in [1.29, 1.82) is 0 Å². The number of nitrogens with one attached hydrogen (secondary N) is 1. The van der Waals surface area contributed by atoms with Gasteiger partial charge in [-0.1, -0.05) is 11.6 Å². The van der Waals surface area contributed by atoms with Crippen LogP contribution in [0.5, 0.6) is 11.5 Å². The highest BCUT2D eigenvalue weighted by Gasteiger charge is 2.10. The van der Waals surface area contributed by atoms with Gasteiger partial charge in [0.15, 0.2) is 11.5 Å². The van der Waals surface area contributed by atoms with E-state index in [-0.39, 0.29) is 0 Å². The zero-order valence-corrected chi connectivity index (χ0v) is 13.6. The molecule has 0 fully saturated rings. The Hall–Kier alpha value is -1.39. The molecule has 3 nitrogen and oxygen atoms in total. The van der Waals surface area contributed by atoms with Crippen LogP contribution >= 0.6 is 27.5 Å². The lowest BCUT2D eigenvalue weighted by atomic mass is 10.2. The quantitative estimate of drug-likeness (QED) is 0.840. The fourth-order valence-electron chi connectivity index (χ4n) is 1.85. The van der Waals surface area contributed by atoms with Crippen LogP contribution in [-0.2, 0) is 6.54 Å². The van der Waals surface area contributed by atoms with Gasteiger partial charge in [0.05, 0.1) is 18.7 Å². The van der Waals surface area contributed by atoms with Crippen molar-refractivity contribution in [1.82, 2.24) is 0 Å². The first-order valence-electron chi connectivity index (χ1n) is 6.04. The molecular formula is C15H15BrClNO2. The molecule has 2 aromatic rings. The molecule has 0 saturated carbocycles. The average Bonchev–Trinajstić information content (AvgIpc) is 2.46. The van der Waals surface area contributed by atoms with Gasteiger partial charge in [-0.2, -0.15) is 0 Å². The van der Waals surface area contributed by atoms with Crippen LogP contribution in [-0.4, -0.2) is 14.2 Å². The zero-order chi connectivity index (χ0) is 14.5. The number of benzene rings is 2. The molecule has 106 valence electrons. The van der Waals surface area contributed by atoms with Crippen molar-refractivity contribution >= 4 is 33.2 Å². The first-order valence-corrected chi connectivity index (χ1v) is 7.21. The van der Waals surface area contributed by atoms with Crippen molar-refractivity contribution in [3.8, 4) is 11.5 Å². The van der Waals surface area contributed by atoms with Crippen LogP contribution in [0.3, 0.4) is 0 Å². The van der Waals surface area contributed by atoms with Crippen molar-refractivity contribution in [2.24, 2.45) is 0 Å². The maximum absolute atomic E-state index is 5.86. The third-order valence-corrected chi connectivity index (χ3v) is 3.68. The molecule has 0 bridgehead atoms. The Morgan fingerprint density at radius 3 is 2.40 bits per heavy atom. The number of methoxy groups -OCH3 is 2. The molecule has 0 saturated heterocycles. The van der Waals surface area contributed by atoms with Gasteiger partial charge in [0.25, 0.3) is 0 Å². The Morgan fingerprint density at radius 2 is 1.80 bits per heavy atom. The first-order chi connectivity index (χ1) is 9.63. The fraction of sp³-hybridized carbons (Fsp3) is 0.200. The highest BCUT2D eigenvalue weighted by Crippen LogP contribution is 2.36. The summed E-state index contributed by atoms with van der Waals surface area (Å²) in [7, 11) is 3.24. The van der Waals surface area contributed by atoms with E-state index < -0.39 is 0 Å². The smallest absolute Gasteiger partial charge is 0.174 e. The van der Waals surface area contributed by atoms with Gasteiger partial charge in [-0.25, -0.2) is 0 Å². The fourth-order valence-corrected chi connectivity index (χ4v) is 2.62. The normalized spacial score (nSPS) is 10.2. The monoisotopic (exact) mass is 355 g/mol. The van der Waals surface area contributed by atoms with Gasteiger partial charge in [-0.3, -0.25) is 0 Å². The number of hydrogen-bond acceptors (Lipinski definition) is 3. The highest BCUT2D eigenvalue weighted by atomic mass is 79.9. The molecule has 0 aliphatic heterocycles. The number of rotatable bonds is 5. The van der Waals surface area contributed by atoms with E-state index in [0.717, 1.165) is 20.7 Å². The number of ether oxygens (including phenoxy) is 2. The van der Waals surface area contributed by atoms with Gasteiger partial charge in [0.2, 0.25) is 0 Å². The molecule has 0 unspecified atom stereocenters. The van der Waals surface area contributed by atoms with Gasteiger partial charge in [-0.05, 0) is 57.9 Å². The topological polar surface area (TPSA) is 30.5 Å². The largest absolute Gasteiger partial charge is 0.493 e. The summed E-state index contributed by atoms with van der Waals surface area (Å²) in [5, 5.41) is 4.05. The van der Waals surface area contributed by atoms with Crippen LogP contribution in [0.25, 0.3) is 0 Å². The van der Waals surface area contributed by atoms with Crippen molar-refractivity contribution in [3.63, 3.8) is 0 Å². The van der Waals surface area contributed by atoms with Crippen molar-refractivity contribution in [2.45, 2.75) is 6.54 Å². The predicted molar refractivity (Wildman–Crippen MR) is 86.0 cm³/mol. The van der Waals surface area contributed by atoms with Crippen LogP contribution in [0.15, 0.2) is 40.9 Å². The van der Waals surface area contributed by atoms with Crippen molar-refractivity contribution in [3.05, 3.63) is 51.5 Å². The minimum atomic E-state index is 0.681. The Kier molecular flexibility index (Phi) is 5.15. The van der Waals surface area contributed by atoms with E-state index in [1.54, 1.807) is 14.2 Å². The van der Waals surface area contributed by atoms with Gasteiger partial charge in [0, 0.05) is 17.3 Å². The van der Waals surface area contributed by atoms with Crippen LogP contribution < -0.4 is 14.8 Å². The van der Waals surface area contributed by atoms with E-state index in [9.17, 15) is 0 Å². The maximum Gasteiger partial charge on any atom is 0.174 e. The predicted octanol–water partition coefficient (Wildman–Crippen LogP) is 4.73. The molecular weight excluding hydrogens is 342 g/mol. The molecule has 2 rings (SSSR count). The van der Waals surface area contributed by atoms with E-state index in [2.05, 4.69) is 21.2 Å². The molecule has 20 heavy (non-hydrogen) atoms. The molecule has 0 aliphatic carbocycles. The molecule has 0 heterocycles. The maximum atomic E-state index is 5.86. The summed E-state index contributed by atoms with van der Waals surface area (Å²) in [5.41, 5.74) is 2.10. The van der Waals surface area contributed by atoms with Gasteiger partial charge >= 0.3 is 0 Å². The summed E-state index contributed by atoms with van der Waals surface area (Å²) in [6, 6.07) is 11.6. The van der Waals surface area contributed by atoms with Gasteiger partial charge in [0.1, 0.15) is 0 Å². The molecule has 0 atom stereocenters. The van der Waals surface area contributed by atoms with Gasteiger partial charge < -0.3 is 14.8 Å². The standard InChI is InChI=1S/C15H15BrClNO2/c1-19-14-8-10(7-13(16)15(14)20-2)9-18-12-5-3-11(17)4-6-12/h3-8,18H,9H2,1-2H3. The van der Waals surface area contributed by atoms with Crippen LogP contribution in [0.1, 0.15) is 5.56 Å². The average molecular weight is 357 g/mol. The molecule has 0 aromatic heterocycles. The molecule has 0 amide bonds. The SMILES string of the molecule is COc1cc(CNc2ccc(Cl)cc2)cc(Br)c1OC. The van der Waals surface area contributed by atoms with Crippen LogP contribution in [0, 0.1) is 0 Å². The lowest BCUT2D eigenvalue weighted by Gasteiger charge is -2.13. The molecule has 2 aromatic carbocycles. The second-order valence-electron chi connectivity index (χ2n) is 4.17. The Labute approximate surface area is 132 Å². The third-order valence-electron chi connectivity index (χ3n) is 2.83. The molecule has 5 heteroatoms. The zero-order valence-electron chi connectivity index (χ0n) is 11.2. The number of anilines is 1. The first kappa shape index (κ1) is 15.0. The Morgan fingerprint density at radius 1 is 1.10 bits per heavy atom. The summed E-state index contributed by atoms with van der Waals surface area (Å²) in [4.78, 5) is 0. The minimum Gasteiger partial charge on any atom is -0.493 e. The molecule has 0 radical (unpaired) electrons. The van der Waals surface area contributed by atoms with E-state index in [0.29, 0.717) is 18.0 Å². The lowest BCUT2D eigenvalue weighted by molar-refractivity contribution is 0.352. The molecule has 0 aliphatic rings. The summed E-state index contributed by atoms with van der Waals surface area (Å²) >= 11 is 9.34.